The van der Waals surface area contributed by atoms with Crippen LogP contribution < -0.4 is 5.32 Å². The Morgan fingerprint density at radius 2 is 1.59 bits per heavy atom. The maximum atomic E-state index is 3.78. The second kappa shape index (κ2) is 13.5. The molecule has 0 saturated heterocycles. The molecule has 0 aromatic carbocycles. The van der Waals surface area contributed by atoms with Crippen molar-refractivity contribution >= 4 is 0 Å². The first-order valence-electron chi connectivity index (χ1n) is 7.00. The van der Waals surface area contributed by atoms with Gasteiger partial charge in [-0.25, -0.2) is 0 Å². The van der Waals surface area contributed by atoms with Crippen LogP contribution in [-0.4, -0.2) is 37.6 Å². The molecule has 0 aliphatic carbocycles. The molecule has 0 radical (unpaired) electrons. The van der Waals surface area contributed by atoms with Gasteiger partial charge in [-0.1, -0.05) is 31.9 Å². The summed E-state index contributed by atoms with van der Waals surface area (Å²) in [7, 11) is 0. The quantitative estimate of drug-likeness (QED) is 0.391. The average molecular weight is 238 g/mol. The third-order valence-corrected chi connectivity index (χ3v) is 2.78. The normalized spacial score (nSPS) is 10.7. The molecule has 2 heteroatoms. The van der Waals surface area contributed by atoms with Crippen LogP contribution in [0.25, 0.3) is 0 Å². The Morgan fingerprint density at radius 1 is 0.941 bits per heavy atom. The van der Waals surface area contributed by atoms with Gasteiger partial charge in [0.2, 0.25) is 0 Å². The van der Waals surface area contributed by atoms with Crippen LogP contribution in [0.1, 0.15) is 39.0 Å². The molecule has 2 nitrogen and oxygen atoms in total. The van der Waals surface area contributed by atoms with E-state index in [0.29, 0.717) is 0 Å². The smallest absolute Gasteiger partial charge is 0.0163 e. The minimum Gasteiger partial charge on any atom is -0.317 e. The van der Waals surface area contributed by atoms with Crippen LogP contribution in [0.15, 0.2) is 25.3 Å². The number of nitrogens with one attached hydrogen (secondary N) is 1. The van der Waals surface area contributed by atoms with Gasteiger partial charge >= 0.3 is 0 Å². The Morgan fingerprint density at radius 3 is 2.18 bits per heavy atom. The van der Waals surface area contributed by atoms with Crippen LogP contribution in [0.4, 0.5) is 0 Å². The van der Waals surface area contributed by atoms with E-state index in [1.54, 1.807) is 0 Å². The summed E-state index contributed by atoms with van der Waals surface area (Å²) in [5, 5.41) is 3.44. The predicted octanol–water partition coefficient (Wildman–Crippen LogP) is 3.22. The van der Waals surface area contributed by atoms with Crippen molar-refractivity contribution in [2.45, 2.75) is 39.0 Å². The lowest BCUT2D eigenvalue weighted by Crippen LogP contribution is -2.25. The van der Waals surface area contributed by atoms with Crippen LogP contribution in [0.3, 0.4) is 0 Å². The highest BCUT2D eigenvalue weighted by Gasteiger charge is 1.99. The first kappa shape index (κ1) is 16.4. The van der Waals surface area contributed by atoms with E-state index in [1.165, 1.54) is 45.2 Å². The third-order valence-electron chi connectivity index (χ3n) is 2.78. The standard InChI is InChI=1S/C15H30N2/c1-4-11-16-12-9-7-8-10-15-17(13-5-2)14-6-3/h5-6,16H,2-4,7-15H2,1H3. The summed E-state index contributed by atoms with van der Waals surface area (Å²) in [5.74, 6) is 0. The van der Waals surface area contributed by atoms with Gasteiger partial charge in [0.15, 0.2) is 0 Å². The third kappa shape index (κ3) is 11.7. The van der Waals surface area contributed by atoms with E-state index < -0.39 is 0 Å². The summed E-state index contributed by atoms with van der Waals surface area (Å²) in [4.78, 5) is 2.38. The zero-order valence-electron chi connectivity index (χ0n) is 11.6. The molecule has 0 aliphatic heterocycles. The Hall–Kier alpha value is -0.600. The maximum Gasteiger partial charge on any atom is 0.0163 e. The predicted molar refractivity (Wildman–Crippen MR) is 78.5 cm³/mol. The van der Waals surface area contributed by atoms with Gasteiger partial charge in [-0.05, 0) is 38.9 Å². The first-order valence-corrected chi connectivity index (χ1v) is 7.00. The maximum absolute atomic E-state index is 3.78. The molecular formula is C15H30N2. The molecule has 0 spiro atoms. The number of nitrogens with zero attached hydrogens (tertiary/aromatic N) is 1. The molecule has 0 saturated carbocycles. The lowest BCUT2D eigenvalue weighted by molar-refractivity contribution is 0.324. The molecule has 0 atom stereocenters. The van der Waals surface area contributed by atoms with Gasteiger partial charge in [0.1, 0.15) is 0 Å². The zero-order chi connectivity index (χ0) is 12.8. The van der Waals surface area contributed by atoms with Crippen molar-refractivity contribution in [1.82, 2.24) is 10.2 Å². The molecule has 1 N–H and O–H groups in total. The monoisotopic (exact) mass is 238 g/mol. The largest absolute Gasteiger partial charge is 0.317 e. The highest BCUT2D eigenvalue weighted by Crippen LogP contribution is 2.01. The van der Waals surface area contributed by atoms with Crippen LogP contribution in [0, 0.1) is 0 Å². The van der Waals surface area contributed by atoms with E-state index in [1.807, 2.05) is 12.2 Å². The fourth-order valence-corrected chi connectivity index (χ4v) is 1.86. The van der Waals surface area contributed by atoms with E-state index in [0.717, 1.165) is 19.6 Å². The van der Waals surface area contributed by atoms with Crippen molar-refractivity contribution in [3.63, 3.8) is 0 Å². The highest BCUT2D eigenvalue weighted by molar-refractivity contribution is 4.79. The van der Waals surface area contributed by atoms with E-state index in [9.17, 15) is 0 Å². The molecule has 0 aromatic heterocycles. The molecule has 0 bridgehead atoms. The molecule has 0 rings (SSSR count). The average Bonchev–Trinajstić information content (AvgIpc) is 2.33. The van der Waals surface area contributed by atoms with Gasteiger partial charge in [-0.15, -0.1) is 13.2 Å². The second-order valence-corrected chi connectivity index (χ2v) is 4.50. The Labute approximate surface area is 108 Å². The van der Waals surface area contributed by atoms with E-state index in [-0.39, 0.29) is 0 Å². The van der Waals surface area contributed by atoms with Crippen molar-refractivity contribution in [1.29, 1.82) is 0 Å². The first-order chi connectivity index (χ1) is 8.35. The van der Waals surface area contributed by atoms with Crippen molar-refractivity contribution in [3.8, 4) is 0 Å². The topological polar surface area (TPSA) is 15.3 Å². The van der Waals surface area contributed by atoms with Gasteiger partial charge in [0.05, 0.1) is 0 Å². The van der Waals surface area contributed by atoms with E-state index in [2.05, 4.69) is 30.3 Å². The van der Waals surface area contributed by atoms with Crippen molar-refractivity contribution in [3.05, 3.63) is 25.3 Å². The number of rotatable bonds is 13. The van der Waals surface area contributed by atoms with Gasteiger partial charge in [-0.2, -0.15) is 0 Å². The van der Waals surface area contributed by atoms with E-state index >= 15 is 0 Å². The number of hydrogen-bond acceptors (Lipinski definition) is 2. The summed E-state index contributed by atoms with van der Waals surface area (Å²) in [6.45, 7) is 15.2. The van der Waals surface area contributed by atoms with Crippen LogP contribution in [0.5, 0.6) is 0 Å². The summed E-state index contributed by atoms with van der Waals surface area (Å²) in [6.07, 6.45) is 10.4. The van der Waals surface area contributed by atoms with Gasteiger partial charge in [0, 0.05) is 13.1 Å². The lowest BCUT2D eigenvalue weighted by Gasteiger charge is -2.18. The van der Waals surface area contributed by atoms with Crippen molar-refractivity contribution in [2.75, 3.05) is 32.7 Å². The molecular weight excluding hydrogens is 208 g/mol. The Balaban J connectivity index is 3.29. The molecule has 100 valence electrons. The molecule has 0 unspecified atom stereocenters. The lowest BCUT2D eigenvalue weighted by atomic mass is 10.2. The SMILES string of the molecule is C=CCN(CC=C)CCCCCCNCCC. The summed E-state index contributed by atoms with van der Waals surface area (Å²) >= 11 is 0. The van der Waals surface area contributed by atoms with Gasteiger partial charge in [0.25, 0.3) is 0 Å². The minimum absolute atomic E-state index is 0.976. The molecule has 0 heterocycles. The Kier molecular flexibility index (Phi) is 13.0. The van der Waals surface area contributed by atoms with Crippen LogP contribution in [-0.2, 0) is 0 Å². The molecule has 0 aliphatic rings. The second-order valence-electron chi connectivity index (χ2n) is 4.50. The zero-order valence-corrected chi connectivity index (χ0v) is 11.6. The Bertz CT molecular complexity index is 168. The highest BCUT2D eigenvalue weighted by atomic mass is 15.1. The molecule has 17 heavy (non-hydrogen) atoms. The van der Waals surface area contributed by atoms with Gasteiger partial charge in [-0.3, -0.25) is 4.90 Å². The summed E-state index contributed by atoms with van der Waals surface area (Å²) in [6, 6.07) is 0. The van der Waals surface area contributed by atoms with Crippen LogP contribution >= 0.6 is 0 Å². The van der Waals surface area contributed by atoms with Crippen molar-refractivity contribution in [2.24, 2.45) is 0 Å². The number of hydrogen-bond donors (Lipinski definition) is 1. The minimum atomic E-state index is 0.976. The van der Waals surface area contributed by atoms with E-state index in [4.69, 9.17) is 0 Å². The summed E-state index contributed by atoms with van der Waals surface area (Å²) in [5.41, 5.74) is 0. The molecule has 0 fully saturated rings. The summed E-state index contributed by atoms with van der Waals surface area (Å²) < 4.78 is 0. The number of unbranched alkanes of at least 4 members (excludes halogenated alkanes) is 3. The van der Waals surface area contributed by atoms with Crippen LogP contribution in [0.2, 0.25) is 0 Å². The fraction of sp³-hybridized carbons (Fsp3) is 0.733. The molecule has 0 amide bonds. The van der Waals surface area contributed by atoms with Gasteiger partial charge < -0.3 is 5.32 Å². The fourth-order valence-electron chi connectivity index (χ4n) is 1.86. The molecule has 0 aromatic rings. The van der Waals surface area contributed by atoms with Crippen molar-refractivity contribution < 1.29 is 0 Å².